The summed E-state index contributed by atoms with van der Waals surface area (Å²) in [6, 6.07) is 12.5. The van der Waals surface area contributed by atoms with E-state index in [1.165, 1.54) is 49.5 Å². The summed E-state index contributed by atoms with van der Waals surface area (Å²) in [5, 5.41) is 18.5. The highest BCUT2D eigenvalue weighted by molar-refractivity contribution is 7.89. The largest absolute Gasteiger partial charge is 0.478 e. The van der Waals surface area contributed by atoms with Gasteiger partial charge in [-0.3, -0.25) is 4.79 Å². The van der Waals surface area contributed by atoms with E-state index in [-0.39, 0.29) is 15.7 Å². The summed E-state index contributed by atoms with van der Waals surface area (Å²) in [6.07, 6.45) is 0. The number of carbonyl (C=O) groups is 3. The third kappa shape index (κ3) is 4.58. The molecule has 2 aliphatic heterocycles. The highest BCUT2D eigenvalue weighted by Crippen LogP contribution is 2.48. The second-order valence-electron chi connectivity index (χ2n) is 9.69. The van der Waals surface area contributed by atoms with Crippen LogP contribution in [-0.4, -0.2) is 66.3 Å². The molecule has 2 saturated heterocycles. The quantitative estimate of drug-likeness (QED) is 0.384. The van der Waals surface area contributed by atoms with Crippen molar-refractivity contribution in [1.29, 1.82) is 5.26 Å². The van der Waals surface area contributed by atoms with Crippen LogP contribution in [0.25, 0.3) is 0 Å². The molecule has 3 amide bonds. The number of carbonyl (C=O) groups excluding carboxylic acids is 2. The number of hydrogen-bond donors (Lipinski definition) is 1. The van der Waals surface area contributed by atoms with Gasteiger partial charge in [-0.15, -0.1) is 0 Å². The molecule has 2 fully saturated rings. The number of nitrogens with zero attached hydrogens (tertiary/aromatic N) is 4. The molecule has 216 valence electrons. The fraction of sp³-hybridized carbons (Fsp3) is 0.185. The number of anilines is 1. The van der Waals surface area contributed by atoms with E-state index in [0.29, 0.717) is 23.3 Å². The van der Waals surface area contributed by atoms with Crippen LogP contribution in [0, 0.1) is 17.1 Å². The lowest BCUT2D eigenvalue weighted by atomic mass is 9.80. The van der Waals surface area contributed by atoms with E-state index in [9.17, 15) is 33.2 Å². The number of carboxylic acids is 1. The van der Waals surface area contributed by atoms with Crippen LogP contribution in [0.4, 0.5) is 14.9 Å². The van der Waals surface area contributed by atoms with E-state index in [0.717, 1.165) is 14.1 Å². The average Bonchev–Trinajstić information content (AvgIpc) is 3.41. The van der Waals surface area contributed by atoms with E-state index >= 15 is 4.39 Å². The number of imide groups is 1. The van der Waals surface area contributed by atoms with Gasteiger partial charge < -0.3 is 10.0 Å². The summed E-state index contributed by atoms with van der Waals surface area (Å²) < 4.78 is 43.5. The molecule has 10 nitrogen and oxygen atoms in total. The molecule has 0 unspecified atom stereocenters. The molecule has 1 N–H and O–H groups in total. The number of likely N-dealkylation sites (N-methyl/N-ethyl adjacent to an activating group) is 1. The average molecular weight is 652 g/mol. The third-order valence-corrected chi connectivity index (χ3v) is 10.0. The van der Waals surface area contributed by atoms with Crippen molar-refractivity contribution in [2.75, 3.05) is 25.0 Å². The highest BCUT2D eigenvalue weighted by Gasteiger charge is 2.66. The van der Waals surface area contributed by atoms with Crippen LogP contribution in [0.15, 0.2) is 59.5 Å². The molecule has 2 heterocycles. The Morgan fingerprint density at radius 2 is 1.69 bits per heavy atom. The summed E-state index contributed by atoms with van der Waals surface area (Å²) in [4.78, 5) is 40.5. The molecular weight excluding hydrogens is 634 g/mol. The first-order valence-corrected chi connectivity index (χ1v) is 14.6. The Kier molecular flexibility index (Phi) is 7.45. The zero-order valence-electron chi connectivity index (χ0n) is 21.4. The molecule has 0 saturated carbocycles. The highest BCUT2D eigenvalue weighted by atomic mass is 35.5. The Morgan fingerprint density at radius 1 is 1.07 bits per heavy atom. The Labute approximate surface area is 254 Å². The number of benzene rings is 3. The lowest BCUT2D eigenvalue weighted by molar-refractivity contribution is -0.124. The summed E-state index contributed by atoms with van der Waals surface area (Å²) in [6.45, 7) is -0.997. The van der Waals surface area contributed by atoms with Crippen LogP contribution < -0.4 is 4.90 Å². The first-order chi connectivity index (χ1) is 19.7. The number of urea groups is 1. The molecule has 0 aliphatic carbocycles. The molecule has 5 rings (SSSR count). The molecule has 2 aliphatic rings. The molecule has 0 aromatic heterocycles. The Morgan fingerprint density at radius 3 is 2.26 bits per heavy atom. The maximum absolute atomic E-state index is 15.0. The van der Waals surface area contributed by atoms with Crippen molar-refractivity contribution in [1.82, 2.24) is 9.21 Å². The first kappa shape index (κ1) is 29.8. The summed E-state index contributed by atoms with van der Waals surface area (Å²) in [5.41, 5.74) is -1.68. The van der Waals surface area contributed by atoms with E-state index < -0.39 is 73.8 Å². The molecule has 42 heavy (non-hydrogen) atoms. The number of carboxylic acid groups (broad SMARTS) is 1. The molecule has 0 bridgehead atoms. The molecule has 15 heteroatoms. The summed E-state index contributed by atoms with van der Waals surface area (Å²) in [5.74, 6) is -4.64. The van der Waals surface area contributed by atoms with Gasteiger partial charge in [-0.05, 0) is 48.0 Å². The topological polar surface area (TPSA) is 139 Å². The smallest absolute Gasteiger partial charge is 0.337 e. The van der Waals surface area contributed by atoms with Gasteiger partial charge in [0.05, 0.1) is 27.9 Å². The van der Waals surface area contributed by atoms with Crippen molar-refractivity contribution < 1.29 is 32.3 Å². The summed E-state index contributed by atoms with van der Waals surface area (Å²) >= 11 is 18.1. The van der Waals surface area contributed by atoms with Gasteiger partial charge >= 0.3 is 12.0 Å². The van der Waals surface area contributed by atoms with Gasteiger partial charge in [0.1, 0.15) is 16.3 Å². The van der Waals surface area contributed by atoms with Crippen LogP contribution in [0.1, 0.15) is 27.4 Å². The van der Waals surface area contributed by atoms with Crippen LogP contribution in [0.2, 0.25) is 15.1 Å². The van der Waals surface area contributed by atoms with Crippen LogP contribution in [0.3, 0.4) is 0 Å². The van der Waals surface area contributed by atoms with E-state index in [2.05, 4.69) is 0 Å². The predicted octanol–water partition coefficient (Wildman–Crippen LogP) is 4.98. The monoisotopic (exact) mass is 650 g/mol. The van der Waals surface area contributed by atoms with Gasteiger partial charge in [0.2, 0.25) is 10.0 Å². The molecule has 0 radical (unpaired) electrons. The summed E-state index contributed by atoms with van der Waals surface area (Å²) in [7, 11) is -3.45. The minimum Gasteiger partial charge on any atom is -0.478 e. The number of rotatable bonds is 5. The molecular formula is C27H18Cl3FN4O6S. The number of halogens is 4. The molecule has 3 aromatic rings. The predicted molar refractivity (Wildman–Crippen MR) is 151 cm³/mol. The SMILES string of the molecule is CN1C(=O)N(c2cc(Cl)cc(Cl)c2)C(=O)[C@]12CN(S(=O)(=O)c1cc(C(=O)O)c(Cl)cc1F)C[C@H]2c1ccc(C#N)cc1. The van der Waals surface area contributed by atoms with Crippen molar-refractivity contribution in [3.63, 3.8) is 0 Å². The number of aromatic carboxylic acids is 1. The second-order valence-corrected chi connectivity index (χ2v) is 12.9. The van der Waals surface area contributed by atoms with Crippen molar-refractivity contribution >= 4 is 68.4 Å². The maximum Gasteiger partial charge on any atom is 0.337 e. The minimum absolute atomic E-state index is 0.0564. The van der Waals surface area contributed by atoms with Crippen molar-refractivity contribution in [3.8, 4) is 6.07 Å². The third-order valence-electron chi connectivity index (χ3n) is 7.45. The fourth-order valence-corrected chi connectivity index (χ4v) is 7.69. The van der Waals surface area contributed by atoms with E-state index in [1.54, 1.807) is 0 Å². The van der Waals surface area contributed by atoms with Gasteiger partial charge in [-0.25, -0.2) is 27.3 Å². The van der Waals surface area contributed by atoms with E-state index in [4.69, 9.17) is 34.8 Å². The van der Waals surface area contributed by atoms with Crippen molar-refractivity contribution in [2.45, 2.75) is 16.4 Å². The molecule has 1 spiro atoms. The van der Waals surface area contributed by atoms with Crippen LogP contribution in [-0.2, 0) is 14.8 Å². The van der Waals surface area contributed by atoms with E-state index in [1.807, 2.05) is 6.07 Å². The van der Waals surface area contributed by atoms with Crippen LogP contribution in [0.5, 0.6) is 0 Å². The number of amides is 3. The number of sulfonamides is 1. The number of nitriles is 1. The normalized spacial score (nSPS) is 20.9. The lowest BCUT2D eigenvalue weighted by Crippen LogP contribution is -2.54. The van der Waals surface area contributed by atoms with Gasteiger partial charge in [0.25, 0.3) is 5.91 Å². The Hall–Kier alpha value is -3.73. The van der Waals surface area contributed by atoms with Gasteiger partial charge in [0, 0.05) is 36.1 Å². The molecule has 2 atom stereocenters. The van der Waals surface area contributed by atoms with Gasteiger partial charge in [0.15, 0.2) is 0 Å². The second kappa shape index (κ2) is 10.5. The zero-order valence-corrected chi connectivity index (χ0v) is 24.5. The standard InChI is InChI=1S/C27H18Cl3FN4O6S/c1-33-26(39)35(18-7-16(28)6-17(29)8-18)25(38)27(33)13-34(12-20(27)15-4-2-14(11-32)3-5-15)42(40,41)23-9-19(24(36)37)21(30)10-22(23)31/h2-10,20H,12-13H2,1H3,(H,36,37)/t20-,27+/m0/s1. The zero-order chi connectivity index (χ0) is 30.7. The van der Waals surface area contributed by atoms with Crippen LogP contribution >= 0.6 is 34.8 Å². The molecule has 3 aromatic carbocycles. The fourth-order valence-electron chi connectivity index (χ4n) is 5.38. The maximum atomic E-state index is 15.0. The van der Waals surface area contributed by atoms with Gasteiger partial charge in [-0.1, -0.05) is 46.9 Å². The van der Waals surface area contributed by atoms with Crippen molar-refractivity contribution in [2.24, 2.45) is 0 Å². The minimum atomic E-state index is -4.79. The Bertz CT molecular complexity index is 1810. The first-order valence-electron chi connectivity index (χ1n) is 12.0. The Balaban J connectivity index is 1.67. The van der Waals surface area contributed by atoms with Crippen molar-refractivity contribution in [3.05, 3.63) is 92.2 Å². The lowest BCUT2D eigenvalue weighted by Gasteiger charge is -2.33. The number of hydrogen-bond acceptors (Lipinski definition) is 6. The van der Waals surface area contributed by atoms with Gasteiger partial charge in [-0.2, -0.15) is 9.57 Å².